The first kappa shape index (κ1) is 14.3. The van der Waals surface area contributed by atoms with Crippen LogP contribution >= 0.6 is 0 Å². The van der Waals surface area contributed by atoms with Crippen LogP contribution in [0.2, 0.25) is 0 Å². The number of ether oxygens (including phenoxy) is 1. The van der Waals surface area contributed by atoms with E-state index in [1.807, 2.05) is 0 Å². The lowest BCUT2D eigenvalue weighted by Crippen LogP contribution is -2.48. The van der Waals surface area contributed by atoms with Crippen molar-refractivity contribution in [3.63, 3.8) is 0 Å². The van der Waals surface area contributed by atoms with E-state index in [9.17, 15) is 0 Å². The van der Waals surface area contributed by atoms with E-state index in [4.69, 9.17) is 4.74 Å². The number of rotatable bonds is 6. The smallest absolute Gasteiger partial charge is 0.0594 e. The van der Waals surface area contributed by atoms with Crippen LogP contribution in [0, 0.1) is 5.41 Å². The van der Waals surface area contributed by atoms with Gasteiger partial charge in [-0.15, -0.1) is 0 Å². The molecule has 0 bridgehead atoms. The quantitative estimate of drug-likeness (QED) is 0.736. The molecule has 0 spiro atoms. The molecular formula is C15H30N2O. The van der Waals surface area contributed by atoms with Crippen LogP contribution in [0.3, 0.4) is 0 Å². The normalized spacial score (nSPS) is 25.2. The van der Waals surface area contributed by atoms with Crippen LogP contribution in [0.5, 0.6) is 0 Å². The fourth-order valence-corrected chi connectivity index (χ4v) is 3.46. The number of nitrogens with zero attached hydrogens (tertiary/aromatic N) is 1. The maximum Gasteiger partial charge on any atom is 0.0594 e. The molecule has 0 aromatic heterocycles. The lowest BCUT2D eigenvalue weighted by molar-refractivity contribution is 0.00726. The predicted molar refractivity (Wildman–Crippen MR) is 75.9 cm³/mol. The van der Waals surface area contributed by atoms with Gasteiger partial charge in [-0.05, 0) is 31.2 Å². The van der Waals surface area contributed by atoms with E-state index in [-0.39, 0.29) is 0 Å². The number of morpholine rings is 1. The van der Waals surface area contributed by atoms with Crippen LogP contribution < -0.4 is 5.32 Å². The van der Waals surface area contributed by atoms with E-state index in [2.05, 4.69) is 17.1 Å². The highest BCUT2D eigenvalue weighted by Crippen LogP contribution is 2.36. The highest BCUT2D eigenvalue weighted by molar-refractivity contribution is 4.88. The number of nitrogens with one attached hydrogen (secondary N) is 1. The van der Waals surface area contributed by atoms with E-state index in [0.717, 1.165) is 26.3 Å². The second-order valence-electron chi connectivity index (χ2n) is 6.13. The Morgan fingerprint density at radius 2 is 1.83 bits per heavy atom. The third kappa shape index (κ3) is 4.22. The molecule has 1 aliphatic carbocycles. The van der Waals surface area contributed by atoms with Gasteiger partial charge in [-0.2, -0.15) is 0 Å². The Morgan fingerprint density at radius 1 is 1.11 bits per heavy atom. The molecule has 1 aliphatic heterocycles. The summed E-state index contributed by atoms with van der Waals surface area (Å²) >= 11 is 0. The molecule has 18 heavy (non-hydrogen) atoms. The molecule has 2 fully saturated rings. The average Bonchev–Trinajstić information content (AvgIpc) is 2.41. The van der Waals surface area contributed by atoms with E-state index in [1.54, 1.807) is 0 Å². The lowest BCUT2D eigenvalue weighted by Gasteiger charge is -2.42. The fraction of sp³-hybridized carbons (Fsp3) is 1.00. The Kier molecular flexibility index (Phi) is 5.93. The Morgan fingerprint density at radius 3 is 2.50 bits per heavy atom. The van der Waals surface area contributed by atoms with Crippen LogP contribution in [0.1, 0.15) is 45.4 Å². The largest absolute Gasteiger partial charge is 0.379 e. The zero-order chi connectivity index (χ0) is 12.7. The molecule has 2 aliphatic rings. The van der Waals surface area contributed by atoms with Crippen LogP contribution in [0.15, 0.2) is 0 Å². The summed E-state index contributed by atoms with van der Waals surface area (Å²) in [7, 11) is 0. The van der Waals surface area contributed by atoms with Crippen molar-refractivity contribution in [3.8, 4) is 0 Å². The van der Waals surface area contributed by atoms with Gasteiger partial charge in [0, 0.05) is 26.2 Å². The highest BCUT2D eigenvalue weighted by Gasteiger charge is 2.33. The first-order valence-corrected chi connectivity index (χ1v) is 7.85. The molecular weight excluding hydrogens is 224 g/mol. The zero-order valence-electron chi connectivity index (χ0n) is 12.0. The van der Waals surface area contributed by atoms with Crippen LogP contribution in [0.25, 0.3) is 0 Å². The second-order valence-corrected chi connectivity index (χ2v) is 6.13. The summed E-state index contributed by atoms with van der Waals surface area (Å²) in [6.45, 7) is 10.1. The van der Waals surface area contributed by atoms with Gasteiger partial charge in [-0.25, -0.2) is 0 Å². The Balaban J connectivity index is 1.85. The molecule has 0 unspecified atom stereocenters. The van der Waals surface area contributed by atoms with Crippen molar-refractivity contribution < 1.29 is 4.74 Å². The van der Waals surface area contributed by atoms with E-state index >= 15 is 0 Å². The first-order chi connectivity index (χ1) is 8.85. The third-order valence-electron chi connectivity index (χ3n) is 4.50. The van der Waals surface area contributed by atoms with Gasteiger partial charge >= 0.3 is 0 Å². The average molecular weight is 254 g/mol. The zero-order valence-corrected chi connectivity index (χ0v) is 12.0. The minimum Gasteiger partial charge on any atom is -0.379 e. The highest BCUT2D eigenvalue weighted by atomic mass is 16.5. The van der Waals surface area contributed by atoms with Crippen molar-refractivity contribution in [2.75, 3.05) is 45.9 Å². The standard InChI is InChI=1S/C15H30N2O/c1-2-8-16-13-15(6-4-3-5-7-15)14-17-9-11-18-12-10-17/h16H,2-14H2,1H3. The van der Waals surface area contributed by atoms with E-state index in [1.165, 1.54) is 58.2 Å². The number of hydrogen-bond donors (Lipinski definition) is 1. The summed E-state index contributed by atoms with van der Waals surface area (Å²) in [5, 5.41) is 3.68. The van der Waals surface area contributed by atoms with E-state index < -0.39 is 0 Å². The fourth-order valence-electron chi connectivity index (χ4n) is 3.46. The van der Waals surface area contributed by atoms with Crippen LogP contribution in [-0.2, 0) is 4.74 Å². The van der Waals surface area contributed by atoms with E-state index in [0.29, 0.717) is 5.41 Å². The molecule has 1 saturated heterocycles. The summed E-state index contributed by atoms with van der Waals surface area (Å²) in [5.41, 5.74) is 0.546. The molecule has 3 nitrogen and oxygen atoms in total. The van der Waals surface area contributed by atoms with Gasteiger partial charge < -0.3 is 10.1 Å². The van der Waals surface area contributed by atoms with Crippen molar-refractivity contribution in [1.82, 2.24) is 10.2 Å². The van der Waals surface area contributed by atoms with Crippen molar-refractivity contribution in [2.45, 2.75) is 45.4 Å². The summed E-state index contributed by atoms with van der Waals surface area (Å²) in [6, 6.07) is 0. The Bertz CT molecular complexity index is 221. The molecule has 0 amide bonds. The SMILES string of the molecule is CCCNCC1(CN2CCOCC2)CCCCC1. The van der Waals surface area contributed by atoms with Gasteiger partial charge in [0.25, 0.3) is 0 Å². The van der Waals surface area contributed by atoms with Crippen LogP contribution in [0.4, 0.5) is 0 Å². The van der Waals surface area contributed by atoms with Gasteiger partial charge in [-0.1, -0.05) is 26.2 Å². The molecule has 0 atom stereocenters. The summed E-state index contributed by atoms with van der Waals surface area (Å²) < 4.78 is 5.46. The molecule has 3 heteroatoms. The lowest BCUT2D eigenvalue weighted by atomic mass is 9.73. The predicted octanol–water partition coefficient (Wildman–Crippen LogP) is 2.27. The Hall–Kier alpha value is -0.120. The topological polar surface area (TPSA) is 24.5 Å². The molecule has 2 rings (SSSR count). The van der Waals surface area contributed by atoms with Crippen molar-refractivity contribution >= 4 is 0 Å². The van der Waals surface area contributed by atoms with Crippen molar-refractivity contribution in [2.24, 2.45) is 5.41 Å². The summed E-state index contributed by atoms with van der Waals surface area (Å²) in [4.78, 5) is 2.63. The molecule has 0 aromatic rings. The maximum absolute atomic E-state index is 5.46. The minimum atomic E-state index is 0.546. The Labute approximate surface area is 112 Å². The van der Waals surface area contributed by atoms with Gasteiger partial charge in [0.15, 0.2) is 0 Å². The maximum atomic E-state index is 5.46. The molecule has 1 saturated carbocycles. The van der Waals surface area contributed by atoms with Crippen molar-refractivity contribution in [1.29, 1.82) is 0 Å². The third-order valence-corrected chi connectivity index (χ3v) is 4.50. The first-order valence-electron chi connectivity index (χ1n) is 7.85. The number of hydrogen-bond acceptors (Lipinski definition) is 3. The van der Waals surface area contributed by atoms with Gasteiger partial charge in [0.1, 0.15) is 0 Å². The second kappa shape index (κ2) is 7.46. The molecule has 106 valence electrons. The minimum absolute atomic E-state index is 0.546. The molecule has 0 radical (unpaired) electrons. The van der Waals surface area contributed by atoms with Gasteiger partial charge in [-0.3, -0.25) is 4.90 Å². The van der Waals surface area contributed by atoms with Crippen molar-refractivity contribution in [3.05, 3.63) is 0 Å². The van der Waals surface area contributed by atoms with Gasteiger partial charge in [0.2, 0.25) is 0 Å². The van der Waals surface area contributed by atoms with Gasteiger partial charge in [0.05, 0.1) is 13.2 Å². The summed E-state index contributed by atoms with van der Waals surface area (Å²) in [5.74, 6) is 0. The molecule has 0 aromatic carbocycles. The monoisotopic (exact) mass is 254 g/mol. The molecule has 1 N–H and O–H groups in total. The van der Waals surface area contributed by atoms with Crippen LogP contribution in [-0.4, -0.2) is 50.8 Å². The molecule has 1 heterocycles. The summed E-state index contributed by atoms with van der Waals surface area (Å²) in [6.07, 6.45) is 8.38.